The number of rotatable bonds is 6. The van der Waals surface area contributed by atoms with Gasteiger partial charge >= 0.3 is 0 Å². The molecule has 0 bridgehead atoms. The number of carbonyl (C=O) groups excluding carboxylic acids is 1. The lowest BCUT2D eigenvalue weighted by atomic mass is 10.0. The molecule has 0 unspecified atom stereocenters. The van der Waals surface area contributed by atoms with Crippen LogP contribution in [-0.4, -0.2) is 17.8 Å². The van der Waals surface area contributed by atoms with Gasteiger partial charge in [0.1, 0.15) is 0 Å². The zero-order valence-corrected chi connectivity index (χ0v) is 16.4. The molecular weight excluding hydrogens is 303 g/mol. The lowest BCUT2D eigenvalue weighted by Crippen LogP contribution is -2.09. The molecule has 3 heteroatoms. The molecule has 0 aromatic heterocycles. The maximum Gasteiger partial charge on any atom is 0.222 e. The molecule has 0 spiro atoms. The molecule has 0 aliphatic rings. The topological polar surface area (TPSA) is 34.1 Å². The molecule has 1 aromatic carbocycles. The van der Waals surface area contributed by atoms with Crippen molar-refractivity contribution in [3.8, 4) is 0 Å². The smallest absolute Gasteiger partial charge is 0.222 e. The molecule has 1 rings (SSSR count). The van der Waals surface area contributed by atoms with Crippen molar-refractivity contribution in [1.29, 1.82) is 0 Å². The zero-order chi connectivity index (χ0) is 17.8. The van der Waals surface area contributed by atoms with E-state index in [-0.39, 0.29) is 5.52 Å². The first kappa shape index (κ1) is 19.6. The second kappa shape index (κ2) is 7.93. The van der Waals surface area contributed by atoms with Crippen LogP contribution in [0.5, 0.6) is 0 Å². The van der Waals surface area contributed by atoms with E-state index in [4.69, 9.17) is 0 Å². The van der Waals surface area contributed by atoms with Crippen molar-refractivity contribution in [2.75, 3.05) is 12.3 Å². The second-order valence-corrected chi connectivity index (χ2v) is 9.79. The summed E-state index contributed by atoms with van der Waals surface area (Å²) in [7, 11) is -2.99. The van der Waals surface area contributed by atoms with Crippen LogP contribution in [0.25, 0.3) is 0 Å². The molecular formula is C20H29O2P. The first-order valence-electron chi connectivity index (χ1n) is 8.04. The molecule has 0 radical (unpaired) electrons. The third-order valence-electron chi connectivity index (χ3n) is 4.03. The minimum atomic E-state index is -2.99. The van der Waals surface area contributed by atoms with E-state index in [2.05, 4.69) is 0 Å². The molecule has 2 nitrogen and oxygen atoms in total. The Morgan fingerprint density at radius 1 is 0.870 bits per heavy atom. The van der Waals surface area contributed by atoms with Gasteiger partial charge in [0.2, 0.25) is 5.52 Å². The maximum atomic E-state index is 13.4. The van der Waals surface area contributed by atoms with Gasteiger partial charge in [0.05, 0.1) is 0 Å². The number of allylic oxidation sites excluding steroid dienone is 4. The van der Waals surface area contributed by atoms with Crippen molar-refractivity contribution in [2.24, 2.45) is 0 Å². The molecule has 0 saturated carbocycles. The van der Waals surface area contributed by atoms with Crippen molar-refractivity contribution < 1.29 is 9.36 Å². The zero-order valence-electron chi connectivity index (χ0n) is 15.5. The fourth-order valence-corrected chi connectivity index (χ4v) is 4.79. The van der Waals surface area contributed by atoms with E-state index < -0.39 is 7.14 Å². The summed E-state index contributed by atoms with van der Waals surface area (Å²) in [5.74, 6) is 0. The molecule has 0 amide bonds. The lowest BCUT2D eigenvalue weighted by molar-refractivity contribution is 0.107. The Morgan fingerprint density at radius 2 is 1.30 bits per heavy atom. The lowest BCUT2D eigenvalue weighted by Gasteiger charge is -2.17. The molecule has 0 saturated heterocycles. The molecule has 0 N–H and O–H groups in total. The van der Waals surface area contributed by atoms with Gasteiger partial charge in [0.15, 0.2) is 7.14 Å². The number of carbonyl (C=O) groups is 1. The van der Waals surface area contributed by atoms with E-state index in [0.29, 0.717) is 17.9 Å². The number of aryl methyl sites for hydroxylation is 3. The summed E-state index contributed by atoms with van der Waals surface area (Å²) in [5, 5.41) is 0. The van der Waals surface area contributed by atoms with Gasteiger partial charge in [0.25, 0.3) is 0 Å². The fraction of sp³-hybridized carbons (Fsp3) is 0.450. The van der Waals surface area contributed by atoms with Gasteiger partial charge in [0, 0.05) is 17.9 Å². The molecule has 126 valence electrons. The molecule has 0 fully saturated rings. The molecule has 0 aliphatic heterocycles. The van der Waals surface area contributed by atoms with E-state index in [1.165, 1.54) is 0 Å². The largest absolute Gasteiger partial charge is 0.315 e. The van der Waals surface area contributed by atoms with Crippen LogP contribution in [0.4, 0.5) is 0 Å². The van der Waals surface area contributed by atoms with E-state index in [0.717, 1.165) is 27.8 Å². The highest BCUT2D eigenvalue weighted by Crippen LogP contribution is 2.50. The van der Waals surface area contributed by atoms with E-state index in [1.807, 2.05) is 72.8 Å². The van der Waals surface area contributed by atoms with Crippen LogP contribution < -0.4 is 0 Å². The summed E-state index contributed by atoms with van der Waals surface area (Å²) >= 11 is 0. The average Bonchev–Trinajstić information content (AvgIpc) is 2.46. The monoisotopic (exact) mass is 332 g/mol. The van der Waals surface area contributed by atoms with Gasteiger partial charge in [-0.25, -0.2) is 0 Å². The predicted octanol–water partition coefficient (Wildman–Crippen LogP) is 6.05. The SMILES string of the molecule is CC(C)=CCP(=O)(CC=C(C)C)C(=O)c1cc(C)c(C)cc1C. The van der Waals surface area contributed by atoms with Gasteiger partial charge in [-0.15, -0.1) is 0 Å². The summed E-state index contributed by atoms with van der Waals surface area (Å²) in [6.45, 7) is 13.8. The third-order valence-corrected chi connectivity index (χ3v) is 6.56. The standard InChI is InChI=1S/C20H29O2P/c1-14(2)8-10-23(22,11-9-15(3)4)20(21)19-13-17(6)16(5)12-18(19)7/h8-9,12-13H,10-11H2,1-7H3. The van der Waals surface area contributed by atoms with Crippen LogP contribution in [0, 0.1) is 20.8 Å². The van der Waals surface area contributed by atoms with Gasteiger partial charge in [-0.2, -0.15) is 0 Å². The Labute approximate surface area is 141 Å². The normalized spacial score (nSPS) is 11.1. The van der Waals surface area contributed by atoms with Gasteiger partial charge in [-0.3, -0.25) is 4.79 Å². The minimum Gasteiger partial charge on any atom is -0.315 e. The number of hydrogen-bond acceptors (Lipinski definition) is 2. The summed E-state index contributed by atoms with van der Waals surface area (Å²) in [4.78, 5) is 13.1. The van der Waals surface area contributed by atoms with E-state index in [1.54, 1.807) is 0 Å². The van der Waals surface area contributed by atoms with Crippen LogP contribution in [0.1, 0.15) is 54.7 Å². The van der Waals surface area contributed by atoms with Crippen LogP contribution in [0.2, 0.25) is 0 Å². The summed E-state index contributed by atoms with van der Waals surface area (Å²) in [6.07, 6.45) is 4.52. The Morgan fingerprint density at radius 3 is 1.74 bits per heavy atom. The number of hydrogen-bond donors (Lipinski definition) is 0. The first-order valence-corrected chi connectivity index (χ1v) is 10.1. The Kier molecular flexibility index (Phi) is 6.77. The van der Waals surface area contributed by atoms with Crippen molar-refractivity contribution in [2.45, 2.75) is 48.5 Å². The Balaban J connectivity index is 3.34. The molecule has 1 aromatic rings. The third kappa shape index (κ3) is 5.32. The fourth-order valence-electron chi connectivity index (χ4n) is 2.31. The quantitative estimate of drug-likeness (QED) is 0.469. The van der Waals surface area contributed by atoms with Crippen LogP contribution in [0.3, 0.4) is 0 Å². The van der Waals surface area contributed by atoms with Crippen molar-refractivity contribution in [3.63, 3.8) is 0 Å². The predicted molar refractivity (Wildman–Crippen MR) is 101 cm³/mol. The van der Waals surface area contributed by atoms with Crippen molar-refractivity contribution in [1.82, 2.24) is 0 Å². The average molecular weight is 332 g/mol. The first-order chi connectivity index (χ1) is 10.6. The molecule has 23 heavy (non-hydrogen) atoms. The van der Waals surface area contributed by atoms with E-state index in [9.17, 15) is 9.36 Å². The van der Waals surface area contributed by atoms with Gasteiger partial charge in [-0.1, -0.05) is 29.4 Å². The Hall–Kier alpha value is -1.40. The van der Waals surface area contributed by atoms with E-state index >= 15 is 0 Å². The van der Waals surface area contributed by atoms with Gasteiger partial charge in [-0.05, 0) is 71.2 Å². The maximum absolute atomic E-state index is 13.4. The molecule has 0 heterocycles. The van der Waals surface area contributed by atoms with Crippen LogP contribution in [0.15, 0.2) is 35.4 Å². The van der Waals surface area contributed by atoms with Crippen LogP contribution in [-0.2, 0) is 4.57 Å². The highest BCUT2D eigenvalue weighted by Gasteiger charge is 2.31. The highest BCUT2D eigenvalue weighted by molar-refractivity contribution is 7.81. The van der Waals surface area contributed by atoms with Crippen molar-refractivity contribution in [3.05, 3.63) is 57.7 Å². The van der Waals surface area contributed by atoms with Crippen LogP contribution >= 0.6 is 7.14 Å². The molecule has 0 atom stereocenters. The van der Waals surface area contributed by atoms with Gasteiger partial charge < -0.3 is 4.57 Å². The second-order valence-electron chi connectivity index (χ2n) is 6.87. The van der Waals surface area contributed by atoms with Crippen molar-refractivity contribution >= 4 is 12.7 Å². The summed E-state index contributed by atoms with van der Waals surface area (Å²) in [6, 6.07) is 3.90. The highest BCUT2D eigenvalue weighted by atomic mass is 31.2. The number of benzene rings is 1. The summed E-state index contributed by atoms with van der Waals surface area (Å²) in [5.41, 5.74) is 5.73. The molecule has 0 aliphatic carbocycles. The minimum absolute atomic E-state index is 0.187. The Bertz CT molecular complexity index is 677. The summed E-state index contributed by atoms with van der Waals surface area (Å²) < 4.78 is 13.4.